The largest absolute Gasteiger partial charge is 0.493 e. The lowest BCUT2D eigenvalue weighted by molar-refractivity contribution is -0.402. The number of amidine groups is 1. The van der Waals surface area contributed by atoms with Gasteiger partial charge < -0.3 is 18.8 Å². The molecule has 0 aliphatic carbocycles. The third-order valence-electron chi connectivity index (χ3n) is 4.96. The first-order valence-corrected chi connectivity index (χ1v) is 10.6. The molecule has 2 aliphatic heterocycles. The van der Waals surface area contributed by atoms with Crippen LogP contribution in [0.25, 0.3) is 0 Å². The number of fused-ring (bicyclic) bond motifs is 1. The minimum absolute atomic E-state index is 0.111. The van der Waals surface area contributed by atoms with Gasteiger partial charge in [0, 0.05) is 17.1 Å². The number of nitrogens with zero attached hydrogens (tertiary/aromatic N) is 3. The van der Waals surface area contributed by atoms with Crippen molar-refractivity contribution in [2.24, 2.45) is 4.99 Å². The molecule has 0 spiro atoms. The average molecular weight is 539 g/mol. The number of methoxy groups -OCH3 is 2. The van der Waals surface area contributed by atoms with Crippen molar-refractivity contribution in [3.63, 3.8) is 0 Å². The molecule has 4 rings (SSSR count). The quantitative estimate of drug-likeness (QED) is 0.362. The Hall–Kier alpha value is -2.59. The van der Waals surface area contributed by atoms with E-state index in [2.05, 4.69) is 36.8 Å². The number of rotatable bonds is 5. The second-order valence-corrected chi connectivity index (χ2v) is 8.45. The van der Waals surface area contributed by atoms with E-state index in [1.807, 2.05) is 30.5 Å². The number of halogens is 2. The van der Waals surface area contributed by atoms with Crippen molar-refractivity contribution in [1.29, 1.82) is 0 Å². The van der Waals surface area contributed by atoms with E-state index in [-0.39, 0.29) is 18.0 Å². The Bertz CT molecular complexity index is 1090. The molecule has 0 N–H and O–H groups in total. The third kappa shape index (κ3) is 3.77. The maximum absolute atomic E-state index is 11.0. The number of ether oxygens (including phenoxy) is 2. The molecule has 2 unspecified atom stereocenters. The van der Waals surface area contributed by atoms with Crippen LogP contribution in [0, 0.1) is 10.1 Å². The second-order valence-electron chi connectivity index (χ2n) is 6.68. The fraction of sp³-hybridized carbons (Fsp3) is 0.250. The molecule has 0 radical (unpaired) electrons. The minimum atomic E-state index is -0.548. The number of hydrogen-bond acceptors (Lipinski definition) is 7. The molecular weight excluding hydrogens is 522 g/mol. The fourth-order valence-electron chi connectivity index (χ4n) is 3.59. The zero-order valence-electron chi connectivity index (χ0n) is 16.0. The molecule has 0 amide bonds. The standard InChI is InChI=1S/C20H17Br2N3O5/c1-28-17-4-3-11(7-18(17)29-2)15-9-14(16-5-6-19(30-16)25(26)27)23-20-13(22)8-12(21)10-24(15)20/h3-8,10,14-15H,9H2,1-2H3. The maximum Gasteiger partial charge on any atom is 0.433 e. The van der Waals surface area contributed by atoms with Gasteiger partial charge in [0.25, 0.3) is 0 Å². The highest BCUT2D eigenvalue weighted by atomic mass is 79.9. The summed E-state index contributed by atoms with van der Waals surface area (Å²) in [4.78, 5) is 17.4. The van der Waals surface area contributed by atoms with Crippen molar-refractivity contribution in [2.75, 3.05) is 14.2 Å². The van der Waals surface area contributed by atoms with E-state index in [4.69, 9.17) is 18.9 Å². The Balaban J connectivity index is 1.79. The molecule has 2 aromatic rings. The van der Waals surface area contributed by atoms with E-state index in [0.29, 0.717) is 29.5 Å². The summed E-state index contributed by atoms with van der Waals surface area (Å²) in [5.74, 6) is 2.14. The minimum Gasteiger partial charge on any atom is -0.493 e. The second kappa shape index (κ2) is 8.27. The van der Waals surface area contributed by atoms with Gasteiger partial charge in [-0.2, -0.15) is 0 Å². The van der Waals surface area contributed by atoms with Gasteiger partial charge in [0.15, 0.2) is 11.5 Å². The highest BCUT2D eigenvalue weighted by Gasteiger charge is 2.36. The van der Waals surface area contributed by atoms with Gasteiger partial charge in [0.2, 0.25) is 0 Å². The van der Waals surface area contributed by atoms with Crippen LogP contribution in [-0.2, 0) is 0 Å². The number of nitro groups is 1. The van der Waals surface area contributed by atoms with Crippen LogP contribution in [-0.4, -0.2) is 29.9 Å². The van der Waals surface area contributed by atoms with Crippen molar-refractivity contribution in [3.8, 4) is 11.5 Å². The highest BCUT2D eigenvalue weighted by Crippen LogP contribution is 2.44. The lowest BCUT2D eigenvalue weighted by Crippen LogP contribution is -2.37. The Morgan fingerprint density at radius 3 is 2.63 bits per heavy atom. The molecule has 2 atom stereocenters. The van der Waals surface area contributed by atoms with Crippen LogP contribution in [0.3, 0.4) is 0 Å². The Morgan fingerprint density at radius 1 is 1.20 bits per heavy atom. The number of aliphatic imine (C=N–C) groups is 1. The first-order chi connectivity index (χ1) is 14.4. The molecule has 2 aliphatic rings. The van der Waals surface area contributed by atoms with Crippen molar-refractivity contribution < 1.29 is 18.8 Å². The number of allylic oxidation sites excluding steroid dienone is 2. The van der Waals surface area contributed by atoms with Gasteiger partial charge in [-0.05, 0) is 61.7 Å². The van der Waals surface area contributed by atoms with Crippen LogP contribution in [0.15, 0.2) is 61.0 Å². The molecule has 0 saturated carbocycles. The summed E-state index contributed by atoms with van der Waals surface area (Å²) in [5.41, 5.74) is 0.991. The van der Waals surface area contributed by atoms with E-state index < -0.39 is 4.92 Å². The average Bonchev–Trinajstić information content (AvgIpc) is 3.23. The van der Waals surface area contributed by atoms with Crippen LogP contribution in [0.4, 0.5) is 5.88 Å². The predicted octanol–water partition coefficient (Wildman–Crippen LogP) is 5.62. The first-order valence-electron chi connectivity index (χ1n) is 8.98. The highest BCUT2D eigenvalue weighted by molar-refractivity contribution is 9.12. The molecule has 3 heterocycles. The Labute approximate surface area is 189 Å². The van der Waals surface area contributed by atoms with Crippen molar-refractivity contribution in [1.82, 2.24) is 4.90 Å². The number of furan rings is 1. The molecule has 156 valence electrons. The lowest BCUT2D eigenvalue weighted by Gasteiger charge is -2.39. The van der Waals surface area contributed by atoms with E-state index in [9.17, 15) is 10.1 Å². The van der Waals surface area contributed by atoms with Crippen LogP contribution >= 0.6 is 31.9 Å². The zero-order chi connectivity index (χ0) is 21.4. The summed E-state index contributed by atoms with van der Waals surface area (Å²) in [6.07, 6.45) is 4.43. The monoisotopic (exact) mass is 537 g/mol. The summed E-state index contributed by atoms with van der Waals surface area (Å²) in [6, 6.07) is 8.25. The van der Waals surface area contributed by atoms with Crippen LogP contribution in [0.5, 0.6) is 11.5 Å². The van der Waals surface area contributed by atoms with E-state index >= 15 is 0 Å². The smallest absolute Gasteiger partial charge is 0.433 e. The zero-order valence-corrected chi connectivity index (χ0v) is 19.2. The maximum atomic E-state index is 11.0. The SMILES string of the molecule is COc1ccc(C2CC(c3ccc([N+](=O)[O-])o3)N=C3C(Br)=CC(Br)=CN32)cc1OC. The molecule has 1 aromatic carbocycles. The van der Waals surface area contributed by atoms with Crippen molar-refractivity contribution in [2.45, 2.75) is 18.5 Å². The van der Waals surface area contributed by atoms with Gasteiger partial charge in [0.1, 0.15) is 22.6 Å². The van der Waals surface area contributed by atoms with Gasteiger partial charge >= 0.3 is 5.88 Å². The molecule has 0 fully saturated rings. The van der Waals surface area contributed by atoms with Gasteiger partial charge in [-0.25, -0.2) is 0 Å². The topological polar surface area (TPSA) is 90.3 Å². The van der Waals surface area contributed by atoms with E-state index in [0.717, 1.165) is 14.5 Å². The van der Waals surface area contributed by atoms with Crippen LogP contribution in [0.2, 0.25) is 0 Å². The Morgan fingerprint density at radius 2 is 1.97 bits per heavy atom. The molecule has 0 saturated heterocycles. The first kappa shape index (κ1) is 20.7. The molecule has 30 heavy (non-hydrogen) atoms. The summed E-state index contributed by atoms with van der Waals surface area (Å²) in [6.45, 7) is 0. The lowest BCUT2D eigenvalue weighted by atomic mass is 9.94. The molecule has 10 heteroatoms. The van der Waals surface area contributed by atoms with Gasteiger partial charge in [-0.15, -0.1) is 0 Å². The van der Waals surface area contributed by atoms with E-state index in [1.165, 1.54) is 6.07 Å². The van der Waals surface area contributed by atoms with Gasteiger partial charge in [-0.3, -0.25) is 15.1 Å². The summed E-state index contributed by atoms with van der Waals surface area (Å²) < 4.78 is 18.0. The van der Waals surface area contributed by atoms with Crippen molar-refractivity contribution >= 4 is 43.6 Å². The van der Waals surface area contributed by atoms with Crippen LogP contribution in [0.1, 0.15) is 29.8 Å². The summed E-state index contributed by atoms with van der Waals surface area (Å²) in [7, 11) is 3.19. The van der Waals surface area contributed by atoms with Gasteiger partial charge in [-0.1, -0.05) is 6.07 Å². The predicted molar refractivity (Wildman–Crippen MR) is 118 cm³/mol. The summed E-state index contributed by atoms with van der Waals surface area (Å²) >= 11 is 7.13. The number of hydrogen-bond donors (Lipinski definition) is 0. The van der Waals surface area contributed by atoms with E-state index in [1.54, 1.807) is 20.3 Å². The van der Waals surface area contributed by atoms with Crippen molar-refractivity contribution in [3.05, 3.63) is 73.0 Å². The normalized spacial score (nSPS) is 20.7. The van der Waals surface area contributed by atoms with Crippen LogP contribution < -0.4 is 9.47 Å². The molecule has 0 bridgehead atoms. The Kier molecular flexibility index (Phi) is 5.70. The third-order valence-corrected chi connectivity index (χ3v) is 5.98. The molecular formula is C20H17Br2N3O5. The summed E-state index contributed by atoms with van der Waals surface area (Å²) in [5, 5.41) is 11.0. The fourth-order valence-corrected chi connectivity index (χ4v) is 4.90. The molecule has 1 aromatic heterocycles. The number of benzene rings is 1. The van der Waals surface area contributed by atoms with Gasteiger partial charge in [0.05, 0.1) is 30.8 Å². The molecule has 8 nitrogen and oxygen atoms in total.